The van der Waals surface area contributed by atoms with Gasteiger partial charge in [0.1, 0.15) is 11.9 Å². The average molecular weight is 422 g/mol. The Kier molecular flexibility index (Phi) is 8.16. The predicted molar refractivity (Wildman–Crippen MR) is 112 cm³/mol. The number of halogens is 3. The van der Waals surface area contributed by atoms with Crippen LogP contribution in [0.1, 0.15) is 48.8 Å². The highest BCUT2D eigenvalue weighted by Gasteiger charge is 2.34. The zero-order chi connectivity index (χ0) is 21.4. The first-order valence-electron chi connectivity index (χ1n) is 10.7. The van der Waals surface area contributed by atoms with E-state index in [1.807, 2.05) is 18.2 Å². The maximum absolute atomic E-state index is 13.6. The lowest BCUT2D eigenvalue weighted by molar-refractivity contribution is -0.138. The highest BCUT2D eigenvalue weighted by Crippen LogP contribution is 2.35. The molecule has 3 nitrogen and oxygen atoms in total. The molecule has 0 amide bonds. The van der Waals surface area contributed by atoms with Gasteiger partial charge in [0.2, 0.25) is 0 Å². The molecule has 164 valence electrons. The maximum Gasteiger partial charge on any atom is 0.416 e. The van der Waals surface area contributed by atoms with Gasteiger partial charge in [-0.3, -0.25) is 0 Å². The number of aliphatic hydroxyl groups excluding tert-OH is 1. The molecule has 1 aliphatic rings. The molecule has 0 aliphatic carbocycles. The van der Waals surface area contributed by atoms with E-state index in [1.54, 1.807) is 12.1 Å². The number of aryl methyl sites for hydroxylation is 2. The van der Waals surface area contributed by atoms with Crippen LogP contribution in [-0.4, -0.2) is 30.4 Å². The average Bonchev–Trinajstić information content (AvgIpc) is 3.19. The number of benzene rings is 2. The Labute approximate surface area is 176 Å². The quantitative estimate of drug-likeness (QED) is 0.521. The van der Waals surface area contributed by atoms with Crippen LogP contribution in [-0.2, 0) is 19.0 Å². The Morgan fingerprint density at radius 2 is 1.70 bits per heavy atom. The third kappa shape index (κ3) is 6.74. The highest BCUT2D eigenvalue weighted by molar-refractivity contribution is 5.38. The van der Waals surface area contributed by atoms with E-state index in [1.165, 1.54) is 5.56 Å². The summed E-state index contributed by atoms with van der Waals surface area (Å²) in [5.41, 5.74) is 1.03. The van der Waals surface area contributed by atoms with Crippen molar-refractivity contribution < 1.29 is 23.0 Å². The minimum Gasteiger partial charge on any atom is -0.489 e. The second-order valence-electron chi connectivity index (χ2n) is 7.98. The minimum absolute atomic E-state index is 0.00204. The first-order valence-corrected chi connectivity index (χ1v) is 10.7. The van der Waals surface area contributed by atoms with Gasteiger partial charge in [-0.1, -0.05) is 49.2 Å². The van der Waals surface area contributed by atoms with Crippen molar-refractivity contribution in [3.05, 3.63) is 65.2 Å². The molecule has 3 rings (SSSR count). The van der Waals surface area contributed by atoms with Crippen LogP contribution in [0, 0.1) is 0 Å². The summed E-state index contributed by atoms with van der Waals surface area (Å²) >= 11 is 0. The summed E-state index contributed by atoms with van der Waals surface area (Å²) in [6, 6.07) is 14.5. The van der Waals surface area contributed by atoms with E-state index in [4.69, 9.17) is 9.84 Å². The Morgan fingerprint density at radius 3 is 2.37 bits per heavy atom. The van der Waals surface area contributed by atoms with Gasteiger partial charge in [-0.2, -0.15) is 13.2 Å². The van der Waals surface area contributed by atoms with Gasteiger partial charge in [0.15, 0.2) is 0 Å². The number of ether oxygens (including phenoxy) is 1. The van der Waals surface area contributed by atoms with Gasteiger partial charge in [0, 0.05) is 19.0 Å². The molecule has 1 heterocycles. The Hall–Kier alpha value is -2.05. The summed E-state index contributed by atoms with van der Waals surface area (Å²) in [7, 11) is 0. The van der Waals surface area contributed by atoms with E-state index in [0.717, 1.165) is 38.2 Å². The molecule has 0 spiro atoms. The molecular weight excluding hydrogens is 391 g/mol. The molecular formula is C24H30F3NO2. The molecule has 30 heavy (non-hydrogen) atoms. The summed E-state index contributed by atoms with van der Waals surface area (Å²) in [6.07, 6.45) is 1.10. The number of nitrogens with one attached hydrogen (secondary N) is 1. The number of hydrogen-bond donors (Lipinski definition) is 2. The molecule has 1 fully saturated rings. The molecule has 2 aromatic rings. The number of hydrogen-bond acceptors (Lipinski definition) is 3. The lowest BCUT2D eigenvalue weighted by atomic mass is 9.99. The molecule has 0 bridgehead atoms. The molecule has 0 saturated carbocycles. The van der Waals surface area contributed by atoms with E-state index in [2.05, 4.69) is 17.4 Å². The van der Waals surface area contributed by atoms with Crippen molar-refractivity contribution >= 4 is 0 Å². The van der Waals surface area contributed by atoms with Crippen molar-refractivity contribution in [2.75, 3.05) is 13.2 Å². The number of rotatable bonds is 10. The third-order valence-corrected chi connectivity index (χ3v) is 5.60. The van der Waals surface area contributed by atoms with E-state index < -0.39 is 11.7 Å². The second kappa shape index (κ2) is 10.8. The molecule has 2 aromatic carbocycles. The third-order valence-electron chi connectivity index (χ3n) is 5.60. The standard InChI is InChI=1S/C24H30F3NO2/c25-24(26,27)23-15-21(30-22-14-20(17-29)28-16-22)13-12-19(23)11-7-2-1-4-8-18-9-5-3-6-10-18/h3,5-6,9-10,12-13,15,20,22,28-29H,1-2,4,7-8,11,14,16-17H2/t20-,22+/m1/s1. The van der Waals surface area contributed by atoms with Crippen LogP contribution < -0.4 is 10.1 Å². The normalized spacial score (nSPS) is 19.2. The molecule has 0 aromatic heterocycles. The largest absolute Gasteiger partial charge is 0.489 e. The molecule has 0 unspecified atom stereocenters. The van der Waals surface area contributed by atoms with E-state index >= 15 is 0 Å². The van der Waals surface area contributed by atoms with Gasteiger partial charge >= 0.3 is 6.18 Å². The summed E-state index contributed by atoms with van der Waals surface area (Å²) in [5.74, 6) is 0.235. The lowest BCUT2D eigenvalue weighted by Crippen LogP contribution is -2.25. The summed E-state index contributed by atoms with van der Waals surface area (Å²) in [5, 5.41) is 12.3. The molecule has 0 radical (unpaired) electrons. The van der Waals surface area contributed by atoms with Crippen LogP contribution in [0.25, 0.3) is 0 Å². The van der Waals surface area contributed by atoms with E-state index in [9.17, 15) is 13.2 Å². The van der Waals surface area contributed by atoms with Gasteiger partial charge in [0.25, 0.3) is 0 Å². The van der Waals surface area contributed by atoms with E-state index in [-0.39, 0.29) is 24.5 Å². The van der Waals surface area contributed by atoms with E-state index in [0.29, 0.717) is 24.9 Å². The smallest absolute Gasteiger partial charge is 0.416 e. The highest BCUT2D eigenvalue weighted by atomic mass is 19.4. The van der Waals surface area contributed by atoms with Crippen LogP contribution in [0.15, 0.2) is 48.5 Å². The lowest BCUT2D eigenvalue weighted by Gasteiger charge is -2.17. The summed E-state index contributed by atoms with van der Waals surface area (Å²) in [6.45, 7) is 0.523. The Bertz CT molecular complexity index is 780. The number of aliphatic hydroxyl groups is 1. The topological polar surface area (TPSA) is 41.5 Å². The van der Waals surface area contributed by atoms with Crippen LogP contribution in [0.4, 0.5) is 13.2 Å². The fraction of sp³-hybridized carbons (Fsp3) is 0.500. The van der Waals surface area contributed by atoms with Crippen molar-refractivity contribution in [1.82, 2.24) is 5.32 Å². The molecule has 6 heteroatoms. The van der Waals surface area contributed by atoms with Crippen LogP contribution >= 0.6 is 0 Å². The van der Waals surface area contributed by atoms with Crippen molar-refractivity contribution in [2.24, 2.45) is 0 Å². The predicted octanol–water partition coefficient (Wildman–Crippen LogP) is 5.15. The Morgan fingerprint density at radius 1 is 0.967 bits per heavy atom. The van der Waals surface area contributed by atoms with Gasteiger partial charge < -0.3 is 15.2 Å². The fourth-order valence-electron chi connectivity index (χ4n) is 3.96. The SMILES string of the molecule is OC[C@H]1C[C@H](Oc2ccc(CCCCCCc3ccccc3)c(C(F)(F)F)c2)CN1. The monoisotopic (exact) mass is 421 g/mol. The van der Waals surface area contributed by atoms with Crippen LogP contribution in [0.5, 0.6) is 5.75 Å². The second-order valence-corrected chi connectivity index (χ2v) is 7.98. The molecule has 2 N–H and O–H groups in total. The van der Waals surface area contributed by atoms with Gasteiger partial charge in [-0.15, -0.1) is 0 Å². The van der Waals surface area contributed by atoms with Crippen LogP contribution in [0.2, 0.25) is 0 Å². The number of unbranched alkanes of at least 4 members (excludes halogenated alkanes) is 3. The van der Waals surface area contributed by atoms with Crippen molar-refractivity contribution in [3.63, 3.8) is 0 Å². The molecule has 1 saturated heterocycles. The van der Waals surface area contributed by atoms with Gasteiger partial charge in [-0.05, 0) is 48.9 Å². The fourth-order valence-corrected chi connectivity index (χ4v) is 3.96. The summed E-state index contributed by atoms with van der Waals surface area (Å²) < 4.78 is 46.5. The van der Waals surface area contributed by atoms with Gasteiger partial charge in [-0.25, -0.2) is 0 Å². The molecule has 2 atom stereocenters. The van der Waals surface area contributed by atoms with Crippen molar-refractivity contribution in [2.45, 2.75) is 63.3 Å². The minimum atomic E-state index is -4.40. The zero-order valence-corrected chi connectivity index (χ0v) is 17.1. The summed E-state index contributed by atoms with van der Waals surface area (Å²) in [4.78, 5) is 0. The zero-order valence-electron chi connectivity index (χ0n) is 17.1. The van der Waals surface area contributed by atoms with Gasteiger partial charge in [0.05, 0.1) is 12.2 Å². The Balaban J connectivity index is 1.50. The molecule has 1 aliphatic heterocycles. The first kappa shape index (κ1) is 22.6. The van der Waals surface area contributed by atoms with Crippen molar-refractivity contribution in [1.29, 1.82) is 0 Å². The van der Waals surface area contributed by atoms with Crippen LogP contribution in [0.3, 0.4) is 0 Å². The van der Waals surface area contributed by atoms with Crippen molar-refractivity contribution in [3.8, 4) is 5.75 Å². The maximum atomic E-state index is 13.6. The number of alkyl halides is 3. The first-order chi connectivity index (χ1) is 14.5.